The van der Waals surface area contributed by atoms with Gasteiger partial charge in [0.25, 0.3) is 0 Å². The second kappa shape index (κ2) is 11.8. The first-order valence-electron chi connectivity index (χ1n) is 9.74. The lowest BCUT2D eigenvalue weighted by atomic mass is 10.2. The molecule has 4 aromatic rings. The number of halogens is 2. The van der Waals surface area contributed by atoms with Crippen molar-refractivity contribution in [2.75, 3.05) is 11.5 Å². The highest BCUT2D eigenvalue weighted by Crippen LogP contribution is 2.20. The number of aromatic nitrogens is 8. The van der Waals surface area contributed by atoms with E-state index in [4.69, 9.17) is 10.5 Å². The molecule has 10 nitrogen and oxygen atoms in total. The minimum Gasteiger partial charge on any atom is -0.205 e. The zero-order valence-electron chi connectivity index (χ0n) is 17.9. The number of hydrogen-bond acceptors (Lipinski definition) is 10. The van der Waals surface area contributed by atoms with Crippen molar-refractivity contribution in [3.63, 3.8) is 0 Å². The van der Waals surface area contributed by atoms with Crippen molar-refractivity contribution in [3.8, 4) is 23.5 Å². The van der Waals surface area contributed by atoms with Crippen LogP contribution in [0, 0.1) is 34.3 Å². The lowest BCUT2D eigenvalue weighted by molar-refractivity contribution is 0.619. The lowest BCUT2D eigenvalue weighted by Crippen LogP contribution is -2.00. The second-order valence-corrected chi connectivity index (χ2v) is 8.63. The fourth-order valence-electron chi connectivity index (χ4n) is 2.57. The number of tetrazole rings is 2. The molecule has 0 N–H and O–H groups in total. The number of rotatable bonds is 6. The molecular formula is C20H16F2N10S2. The molecule has 0 aliphatic rings. The average Bonchev–Trinajstić information content (AvgIpc) is 3.50. The molecular weight excluding hydrogens is 482 g/mol. The SMILES string of the molecule is CCSc1nnnn1-c1ccc(C#N)c(F)c1.CCSc1nnnn1-c1ccc(C#N)c(F)c1. The summed E-state index contributed by atoms with van der Waals surface area (Å²) in [4.78, 5) is 0. The molecule has 0 spiro atoms. The summed E-state index contributed by atoms with van der Waals surface area (Å²) in [7, 11) is 0. The molecule has 0 amide bonds. The van der Waals surface area contributed by atoms with E-state index in [1.807, 2.05) is 13.8 Å². The van der Waals surface area contributed by atoms with Crippen molar-refractivity contribution < 1.29 is 8.78 Å². The summed E-state index contributed by atoms with van der Waals surface area (Å²) in [5.74, 6) is 0.485. The summed E-state index contributed by atoms with van der Waals surface area (Å²) in [6.07, 6.45) is 0. The molecule has 2 heterocycles. The Morgan fingerprint density at radius 1 is 0.765 bits per heavy atom. The van der Waals surface area contributed by atoms with E-state index in [2.05, 4.69) is 31.1 Å². The maximum Gasteiger partial charge on any atom is 0.214 e. The van der Waals surface area contributed by atoms with E-state index in [0.29, 0.717) is 21.7 Å². The number of benzene rings is 2. The Labute approximate surface area is 201 Å². The zero-order chi connectivity index (χ0) is 24.5. The van der Waals surface area contributed by atoms with Gasteiger partial charge in [-0.05, 0) is 56.6 Å². The minimum absolute atomic E-state index is 0.00604. The third-order valence-electron chi connectivity index (χ3n) is 4.06. The summed E-state index contributed by atoms with van der Waals surface area (Å²) in [6.45, 7) is 3.95. The Balaban J connectivity index is 0.000000191. The van der Waals surface area contributed by atoms with Crippen LogP contribution in [0.5, 0.6) is 0 Å². The molecule has 0 fully saturated rings. The standard InChI is InChI=1S/2C10H8FN5S/c2*1-2-17-10-13-14-15-16(10)8-4-3-7(6-12)9(11)5-8/h2*3-5H,2H2,1H3. The molecule has 34 heavy (non-hydrogen) atoms. The molecule has 0 aliphatic carbocycles. The molecule has 2 aromatic heterocycles. The van der Waals surface area contributed by atoms with E-state index >= 15 is 0 Å². The molecule has 0 saturated heterocycles. The minimum atomic E-state index is -0.576. The van der Waals surface area contributed by atoms with Crippen LogP contribution in [0.25, 0.3) is 11.4 Å². The normalized spacial score (nSPS) is 10.2. The van der Waals surface area contributed by atoms with Crippen LogP contribution in [0.4, 0.5) is 8.78 Å². The van der Waals surface area contributed by atoms with Crippen molar-refractivity contribution in [1.29, 1.82) is 10.5 Å². The highest BCUT2D eigenvalue weighted by atomic mass is 32.2. The van der Waals surface area contributed by atoms with E-state index in [0.717, 1.165) is 11.5 Å². The van der Waals surface area contributed by atoms with Crippen molar-refractivity contribution in [2.24, 2.45) is 0 Å². The molecule has 0 radical (unpaired) electrons. The van der Waals surface area contributed by atoms with Crippen molar-refractivity contribution >= 4 is 23.5 Å². The summed E-state index contributed by atoms with van der Waals surface area (Å²) in [5, 5.41) is 40.8. The number of nitrogens with zero attached hydrogens (tertiary/aromatic N) is 10. The van der Waals surface area contributed by atoms with E-state index in [1.165, 1.54) is 57.2 Å². The molecule has 4 rings (SSSR count). The maximum absolute atomic E-state index is 13.4. The largest absolute Gasteiger partial charge is 0.214 e. The Bertz CT molecular complexity index is 1250. The molecule has 0 aliphatic heterocycles. The third kappa shape index (κ3) is 5.72. The van der Waals surface area contributed by atoms with Crippen LogP contribution >= 0.6 is 23.5 Å². The maximum atomic E-state index is 13.4. The molecule has 2 aromatic carbocycles. The monoisotopic (exact) mass is 498 g/mol. The molecule has 0 saturated carbocycles. The lowest BCUT2D eigenvalue weighted by Gasteiger charge is -2.03. The van der Waals surface area contributed by atoms with E-state index < -0.39 is 11.6 Å². The van der Waals surface area contributed by atoms with Crippen molar-refractivity contribution in [3.05, 3.63) is 59.2 Å². The van der Waals surface area contributed by atoms with Crippen molar-refractivity contribution in [1.82, 2.24) is 40.4 Å². The van der Waals surface area contributed by atoms with Crippen LogP contribution in [-0.2, 0) is 0 Å². The Hall–Kier alpha value is -3.88. The highest BCUT2D eigenvalue weighted by molar-refractivity contribution is 7.99. The van der Waals surface area contributed by atoms with Gasteiger partial charge in [-0.1, -0.05) is 37.4 Å². The first kappa shape index (κ1) is 24.8. The van der Waals surface area contributed by atoms with Crippen LogP contribution in [0.15, 0.2) is 46.7 Å². The summed E-state index contributed by atoms with van der Waals surface area (Å²) < 4.78 is 29.8. The predicted octanol–water partition coefficient (Wildman–Crippen LogP) is 3.57. The highest BCUT2D eigenvalue weighted by Gasteiger charge is 2.11. The number of thioether (sulfide) groups is 2. The first-order chi connectivity index (χ1) is 16.5. The Morgan fingerprint density at radius 2 is 1.18 bits per heavy atom. The van der Waals surface area contributed by atoms with Gasteiger partial charge in [-0.15, -0.1) is 10.2 Å². The van der Waals surface area contributed by atoms with Gasteiger partial charge in [-0.2, -0.15) is 19.9 Å². The third-order valence-corrected chi connectivity index (χ3v) is 5.67. The van der Waals surface area contributed by atoms with Gasteiger partial charge in [0, 0.05) is 12.1 Å². The van der Waals surface area contributed by atoms with Crippen molar-refractivity contribution in [2.45, 2.75) is 24.2 Å². The van der Waals surface area contributed by atoms with Gasteiger partial charge in [0.05, 0.1) is 22.5 Å². The average molecular weight is 499 g/mol. The summed E-state index contributed by atoms with van der Waals surface area (Å²) in [5.41, 5.74) is 1.02. The molecule has 0 atom stereocenters. The van der Waals surface area contributed by atoms with Crippen LogP contribution in [0.2, 0.25) is 0 Å². The molecule has 172 valence electrons. The smallest absolute Gasteiger partial charge is 0.205 e. The fourth-order valence-corrected chi connectivity index (χ4v) is 3.81. The van der Waals surface area contributed by atoms with E-state index in [1.54, 1.807) is 24.3 Å². The van der Waals surface area contributed by atoms with Gasteiger partial charge in [-0.3, -0.25) is 0 Å². The number of hydrogen-bond donors (Lipinski definition) is 0. The van der Waals surface area contributed by atoms with Crippen LogP contribution < -0.4 is 0 Å². The first-order valence-corrected chi connectivity index (χ1v) is 11.7. The molecule has 0 unspecified atom stereocenters. The summed E-state index contributed by atoms with van der Waals surface area (Å²) in [6, 6.07) is 12.1. The van der Waals surface area contributed by atoms with Crippen LogP contribution in [0.1, 0.15) is 25.0 Å². The van der Waals surface area contributed by atoms with Gasteiger partial charge in [0.2, 0.25) is 10.3 Å². The molecule has 0 bridgehead atoms. The van der Waals surface area contributed by atoms with Crippen LogP contribution in [-0.4, -0.2) is 51.9 Å². The molecule has 14 heteroatoms. The Morgan fingerprint density at radius 3 is 1.50 bits per heavy atom. The van der Waals surface area contributed by atoms with Gasteiger partial charge >= 0.3 is 0 Å². The fraction of sp³-hybridized carbons (Fsp3) is 0.200. The number of nitriles is 2. The van der Waals surface area contributed by atoms with Gasteiger partial charge < -0.3 is 0 Å². The van der Waals surface area contributed by atoms with E-state index in [9.17, 15) is 8.78 Å². The topological polar surface area (TPSA) is 135 Å². The summed E-state index contributed by atoms with van der Waals surface area (Å²) >= 11 is 2.92. The van der Waals surface area contributed by atoms with Gasteiger partial charge in [0.1, 0.15) is 23.8 Å². The quantitative estimate of drug-likeness (QED) is 0.363. The Kier molecular flexibility index (Phi) is 8.61. The van der Waals surface area contributed by atoms with Gasteiger partial charge in [-0.25, -0.2) is 8.78 Å². The zero-order valence-corrected chi connectivity index (χ0v) is 19.6. The van der Waals surface area contributed by atoms with Gasteiger partial charge in [0.15, 0.2) is 0 Å². The second-order valence-electron chi connectivity index (χ2n) is 6.16. The predicted molar refractivity (Wildman–Crippen MR) is 120 cm³/mol. The van der Waals surface area contributed by atoms with E-state index in [-0.39, 0.29) is 11.1 Å². The van der Waals surface area contributed by atoms with Crippen LogP contribution in [0.3, 0.4) is 0 Å².